The average Bonchev–Trinajstić information content (AvgIpc) is 2.77. The van der Waals surface area contributed by atoms with E-state index in [0.29, 0.717) is 5.92 Å². The summed E-state index contributed by atoms with van der Waals surface area (Å²) < 4.78 is 1.95. The summed E-state index contributed by atoms with van der Waals surface area (Å²) in [5, 5.41) is 7.64. The van der Waals surface area contributed by atoms with Crippen LogP contribution in [0.3, 0.4) is 0 Å². The largest absolute Gasteiger partial charge is 0.349 e. The van der Waals surface area contributed by atoms with Gasteiger partial charge in [-0.05, 0) is 44.4 Å². The van der Waals surface area contributed by atoms with Crippen LogP contribution in [-0.4, -0.2) is 15.7 Å². The second kappa shape index (κ2) is 5.25. The van der Waals surface area contributed by atoms with Crippen LogP contribution >= 0.6 is 0 Å². The third-order valence-electron chi connectivity index (χ3n) is 5.40. The first-order chi connectivity index (χ1) is 10.3. The van der Waals surface area contributed by atoms with Crippen molar-refractivity contribution in [2.24, 2.45) is 24.3 Å². The van der Waals surface area contributed by atoms with Crippen molar-refractivity contribution >= 4 is 5.91 Å². The van der Waals surface area contributed by atoms with Gasteiger partial charge in [-0.3, -0.25) is 9.48 Å². The Morgan fingerprint density at radius 2 is 2.18 bits per heavy atom. The second-order valence-corrected chi connectivity index (χ2v) is 7.69. The average molecular weight is 301 g/mol. The number of hydrogen-bond donors (Lipinski definition) is 1. The Labute approximate surface area is 133 Å². The number of aromatic nitrogens is 2. The molecular weight excluding hydrogens is 274 g/mol. The molecule has 1 saturated carbocycles. The summed E-state index contributed by atoms with van der Waals surface area (Å²) in [6, 6.07) is 0.133. The van der Waals surface area contributed by atoms with Crippen LogP contribution in [0.25, 0.3) is 0 Å². The molecule has 0 aliphatic heterocycles. The van der Waals surface area contributed by atoms with Crippen molar-refractivity contribution in [1.82, 2.24) is 15.1 Å². The molecule has 2 aliphatic rings. The topological polar surface area (TPSA) is 46.9 Å². The Hall–Kier alpha value is -1.58. The molecule has 4 heteroatoms. The Bertz CT molecular complexity index is 622. The molecule has 3 rings (SSSR count). The summed E-state index contributed by atoms with van der Waals surface area (Å²) in [6.45, 7) is 8.59. The number of amides is 1. The van der Waals surface area contributed by atoms with Crippen LogP contribution in [0.4, 0.5) is 0 Å². The summed E-state index contributed by atoms with van der Waals surface area (Å²) in [7, 11) is 1.98. The van der Waals surface area contributed by atoms with Gasteiger partial charge in [-0.25, -0.2) is 0 Å². The fraction of sp³-hybridized carbons (Fsp3) is 0.667. The van der Waals surface area contributed by atoms with Crippen LogP contribution in [0.15, 0.2) is 17.8 Å². The molecular formula is C18H27N3O. The number of nitrogens with one attached hydrogen (secondary N) is 1. The highest BCUT2D eigenvalue weighted by Gasteiger charge is 2.60. The first-order valence-electron chi connectivity index (χ1n) is 8.28. The van der Waals surface area contributed by atoms with Gasteiger partial charge in [-0.2, -0.15) is 5.10 Å². The third kappa shape index (κ3) is 2.49. The number of aryl methyl sites for hydroxylation is 1. The van der Waals surface area contributed by atoms with Crippen LogP contribution in [0, 0.1) is 17.3 Å². The maximum Gasteiger partial charge on any atom is 0.224 e. The highest BCUT2D eigenvalue weighted by molar-refractivity contribution is 5.84. The summed E-state index contributed by atoms with van der Waals surface area (Å²) >= 11 is 0. The van der Waals surface area contributed by atoms with Crippen LogP contribution in [-0.2, 0) is 18.3 Å². The molecule has 1 N–H and O–H groups in total. The fourth-order valence-electron chi connectivity index (χ4n) is 3.97. The Morgan fingerprint density at radius 1 is 1.45 bits per heavy atom. The zero-order valence-electron chi connectivity index (χ0n) is 14.3. The van der Waals surface area contributed by atoms with Crippen molar-refractivity contribution in [2.75, 3.05) is 0 Å². The lowest BCUT2D eigenvalue weighted by Gasteiger charge is -2.24. The number of carbonyl (C=O) groups is 1. The van der Waals surface area contributed by atoms with E-state index in [1.54, 1.807) is 0 Å². The SMILES string of the molecule is CC(C)=C[C@@H]1[C@@H](C(=O)N[C@@H]2CCCc3c2cnn3C)C1(C)C. The van der Waals surface area contributed by atoms with Crippen molar-refractivity contribution in [2.45, 2.75) is 53.0 Å². The van der Waals surface area contributed by atoms with E-state index in [1.807, 2.05) is 17.9 Å². The molecule has 4 nitrogen and oxygen atoms in total. The second-order valence-electron chi connectivity index (χ2n) is 7.69. The van der Waals surface area contributed by atoms with E-state index in [0.717, 1.165) is 19.3 Å². The quantitative estimate of drug-likeness (QED) is 0.872. The van der Waals surface area contributed by atoms with Crippen molar-refractivity contribution in [3.05, 3.63) is 29.1 Å². The maximum atomic E-state index is 12.7. The molecule has 22 heavy (non-hydrogen) atoms. The molecule has 2 aliphatic carbocycles. The zero-order valence-corrected chi connectivity index (χ0v) is 14.3. The molecule has 1 heterocycles. The van der Waals surface area contributed by atoms with Gasteiger partial charge in [0.1, 0.15) is 0 Å². The van der Waals surface area contributed by atoms with Gasteiger partial charge in [-0.1, -0.05) is 25.5 Å². The van der Waals surface area contributed by atoms with Gasteiger partial charge in [0, 0.05) is 18.3 Å². The summed E-state index contributed by atoms with van der Waals surface area (Å²) in [4.78, 5) is 12.7. The van der Waals surface area contributed by atoms with E-state index in [9.17, 15) is 4.79 Å². The lowest BCUT2D eigenvalue weighted by molar-refractivity contribution is -0.124. The summed E-state index contributed by atoms with van der Waals surface area (Å²) in [5.41, 5.74) is 3.85. The van der Waals surface area contributed by atoms with Gasteiger partial charge in [0.2, 0.25) is 5.91 Å². The predicted octanol–water partition coefficient (Wildman–Crippen LogP) is 3.15. The van der Waals surface area contributed by atoms with E-state index < -0.39 is 0 Å². The van der Waals surface area contributed by atoms with Crippen molar-refractivity contribution in [3.63, 3.8) is 0 Å². The van der Waals surface area contributed by atoms with E-state index in [1.165, 1.54) is 16.8 Å². The van der Waals surface area contributed by atoms with Gasteiger partial charge in [0.25, 0.3) is 0 Å². The number of nitrogens with zero attached hydrogens (tertiary/aromatic N) is 2. The Balaban J connectivity index is 1.73. The van der Waals surface area contributed by atoms with E-state index >= 15 is 0 Å². The molecule has 1 aromatic heterocycles. The smallest absolute Gasteiger partial charge is 0.224 e. The standard InChI is InChI=1S/C18H27N3O/c1-11(2)9-13-16(18(13,3)4)17(22)20-14-7-6-8-15-12(14)10-19-21(15)5/h9-10,13-14,16H,6-8H2,1-5H3,(H,20,22)/t13-,14-,16+/m1/s1. The zero-order chi connectivity index (χ0) is 16.1. The number of fused-ring (bicyclic) bond motifs is 1. The molecule has 0 spiro atoms. The van der Waals surface area contributed by atoms with Gasteiger partial charge in [-0.15, -0.1) is 0 Å². The Morgan fingerprint density at radius 3 is 2.86 bits per heavy atom. The number of rotatable bonds is 3. The van der Waals surface area contributed by atoms with Crippen molar-refractivity contribution in [3.8, 4) is 0 Å². The predicted molar refractivity (Wildman–Crippen MR) is 87.2 cm³/mol. The summed E-state index contributed by atoms with van der Waals surface area (Å²) in [5.74, 6) is 0.674. The van der Waals surface area contributed by atoms with Crippen molar-refractivity contribution in [1.29, 1.82) is 0 Å². The summed E-state index contributed by atoms with van der Waals surface area (Å²) in [6.07, 6.45) is 7.37. The maximum absolute atomic E-state index is 12.7. The van der Waals surface area contributed by atoms with Crippen LogP contribution < -0.4 is 5.32 Å². The van der Waals surface area contributed by atoms with Gasteiger partial charge in [0.15, 0.2) is 0 Å². The molecule has 1 amide bonds. The molecule has 0 bridgehead atoms. The third-order valence-corrected chi connectivity index (χ3v) is 5.40. The lowest BCUT2D eigenvalue weighted by Crippen LogP contribution is -2.33. The fourth-order valence-corrected chi connectivity index (χ4v) is 3.97. The molecule has 0 unspecified atom stereocenters. The Kier molecular flexibility index (Phi) is 3.66. The van der Waals surface area contributed by atoms with Gasteiger partial charge in [0.05, 0.1) is 18.2 Å². The molecule has 0 saturated heterocycles. The number of hydrogen-bond acceptors (Lipinski definition) is 2. The molecule has 3 atom stereocenters. The van der Waals surface area contributed by atoms with Crippen molar-refractivity contribution < 1.29 is 4.79 Å². The molecule has 120 valence electrons. The molecule has 0 aromatic carbocycles. The number of allylic oxidation sites excluding steroid dienone is 2. The highest BCUT2D eigenvalue weighted by Crippen LogP contribution is 2.59. The first kappa shape index (κ1) is 15.3. The minimum atomic E-state index is 0.0772. The minimum absolute atomic E-state index is 0.0772. The normalized spacial score (nSPS) is 28.7. The highest BCUT2D eigenvalue weighted by atomic mass is 16.2. The number of carbonyl (C=O) groups excluding carboxylic acids is 1. The minimum Gasteiger partial charge on any atom is -0.349 e. The van der Waals surface area contributed by atoms with Gasteiger partial charge < -0.3 is 5.32 Å². The molecule has 0 radical (unpaired) electrons. The van der Waals surface area contributed by atoms with Gasteiger partial charge >= 0.3 is 0 Å². The lowest BCUT2D eigenvalue weighted by atomic mass is 9.92. The van der Waals surface area contributed by atoms with E-state index in [-0.39, 0.29) is 23.3 Å². The van der Waals surface area contributed by atoms with Crippen LogP contribution in [0.2, 0.25) is 0 Å². The first-order valence-corrected chi connectivity index (χ1v) is 8.28. The monoisotopic (exact) mass is 301 g/mol. The van der Waals surface area contributed by atoms with Crippen LogP contribution in [0.1, 0.15) is 57.8 Å². The van der Waals surface area contributed by atoms with E-state index in [4.69, 9.17) is 0 Å². The molecule has 1 fully saturated rings. The molecule has 1 aromatic rings. The van der Waals surface area contributed by atoms with Crippen LogP contribution in [0.5, 0.6) is 0 Å². The van der Waals surface area contributed by atoms with E-state index in [2.05, 4.69) is 44.2 Å².